The van der Waals surface area contributed by atoms with Gasteiger partial charge in [-0.25, -0.2) is 0 Å². The molecule has 0 aliphatic rings. The third-order valence-corrected chi connectivity index (χ3v) is 2.65. The van der Waals surface area contributed by atoms with Gasteiger partial charge < -0.3 is 10.1 Å². The van der Waals surface area contributed by atoms with Crippen LogP contribution in [0.15, 0.2) is 0 Å². The second-order valence-corrected chi connectivity index (χ2v) is 5.11. The van der Waals surface area contributed by atoms with Crippen molar-refractivity contribution in [3.63, 3.8) is 0 Å². The van der Waals surface area contributed by atoms with Gasteiger partial charge >= 0.3 is 0 Å². The molecule has 0 bridgehead atoms. The molecule has 0 aliphatic carbocycles. The second-order valence-electron chi connectivity index (χ2n) is 4.46. The Bertz CT molecular complexity index is 177. The molecule has 1 amide bonds. The van der Waals surface area contributed by atoms with Crippen LogP contribution < -0.4 is 5.32 Å². The Hall–Kier alpha value is -0.0900. The first kappa shape index (κ1) is 13.9. The molecule has 1 atom stereocenters. The van der Waals surface area contributed by atoms with Crippen molar-refractivity contribution < 1.29 is 9.53 Å². The Morgan fingerprint density at radius 3 is 2.50 bits per heavy atom. The lowest BCUT2D eigenvalue weighted by molar-refractivity contribution is -0.130. The monoisotopic (exact) mass is 265 g/mol. The summed E-state index contributed by atoms with van der Waals surface area (Å²) >= 11 is 3.35. The van der Waals surface area contributed by atoms with Crippen LogP contribution in [0, 0.1) is 5.92 Å². The van der Waals surface area contributed by atoms with E-state index in [9.17, 15) is 4.79 Å². The van der Waals surface area contributed by atoms with Crippen molar-refractivity contribution in [2.75, 3.05) is 18.5 Å². The van der Waals surface area contributed by atoms with Crippen LogP contribution in [0.1, 0.15) is 27.7 Å². The van der Waals surface area contributed by atoms with Crippen molar-refractivity contribution >= 4 is 21.8 Å². The van der Waals surface area contributed by atoms with Crippen LogP contribution in [0.5, 0.6) is 0 Å². The minimum atomic E-state index is -0.252. The summed E-state index contributed by atoms with van der Waals surface area (Å²) in [6, 6.07) is 0. The van der Waals surface area contributed by atoms with Crippen LogP contribution in [-0.2, 0) is 9.53 Å². The van der Waals surface area contributed by atoms with E-state index in [2.05, 4.69) is 28.2 Å². The number of carbonyl (C=O) groups excluding carboxylic acids is 1. The lowest BCUT2D eigenvalue weighted by atomic mass is 10.2. The van der Waals surface area contributed by atoms with Crippen molar-refractivity contribution in [1.29, 1.82) is 0 Å². The minimum Gasteiger partial charge on any atom is -0.366 e. The molecule has 4 heteroatoms. The molecule has 0 aromatic carbocycles. The molecule has 0 saturated heterocycles. The highest BCUT2D eigenvalue weighted by molar-refractivity contribution is 9.09. The van der Waals surface area contributed by atoms with Gasteiger partial charge in [-0.05, 0) is 26.7 Å². The Morgan fingerprint density at radius 1 is 1.50 bits per heavy atom. The van der Waals surface area contributed by atoms with Crippen LogP contribution in [0.25, 0.3) is 0 Å². The van der Waals surface area contributed by atoms with Crippen molar-refractivity contribution in [3.8, 4) is 0 Å². The van der Waals surface area contributed by atoms with Crippen LogP contribution in [0.3, 0.4) is 0 Å². The van der Waals surface area contributed by atoms with Gasteiger partial charge in [0, 0.05) is 11.9 Å². The smallest absolute Gasteiger partial charge is 0.246 e. The Morgan fingerprint density at radius 2 is 2.07 bits per heavy atom. The van der Waals surface area contributed by atoms with Crippen molar-refractivity contribution in [2.24, 2.45) is 5.92 Å². The molecule has 14 heavy (non-hydrogen) atoms. The normalized spacial score (nSPS) is 13.8. The van der Waals surface area contributed by atoms with Crippen LogP contribution in [0.4, 0.5) is 0 Å². The molecule has 0 aromatic heterocycles. The minimum absolute atomic E-state index is 0.0484. The summed E-state index contributed by atoms with van der Waals surface area (Å²) in [5, 5.41) is 3.71. The number of nitrogens with one attached hydrogen (secondary N) is 1. The molecule has 3 nitrogen and oxygen atoms in total. The van der Waals surface area contributed by atoms with Gasteiger partial charge in [0.2, 0.25) is 5.91 Å². The van der Waals surface area contributed by atoms with Crippen LogP contribution >= 0.6 is 15.9 Å². The van der Waals surface area contributed by atoms with Crippen molar-refractivity contribution in [3.05, 3.63) is 0 Å². The molecule has 84 valence electrons. The Kier molecular flexibility index (Phi) is 6.36. The number of halogens is 1. The highest BCUT2D eigenvalue weighted by Crippen LogP contribution is 2.05. The van der Waals surface area contributed by atoms with Crippen molar-refractivity contribution in [1.82, 2.24) is 5.32 Å². The van der Waals surface area contributed by atoms with Gasteiger partial charge in [0.15, 0.2) is 0 Å². The fourth-order valence-electron chi connectivity index (χ4n) is 0.676. The zero-order chi connectivity index (χ0) is 11.2. The third-order valence-electron chi connectivity index (χ3n) is 1.55. The van der Waals surface area contributed by atoms with Gasteiger partial charge in [0.05, 0.1) is 5.60 Å². The maximum Gasteiger partial charge on any atom is 0.246 e. The van der Waals surface area contributed by atoms with Gasteiger partial charge in [-0.2, -0.15) is 0 Å². The predicted octanol–water partition coefficient (Wildman–Crippen LogP) is 1.95. The highest BCUT2D eigenvalue weighted by atomic mass is 79.9. The number of alkyl halides is 1. The third kappa shape index (κ3) is 8.51. The van der Waals surface area contributed by atoms with E-state index in [0.29, 0.717) is 12.5 Å². The average Bonchev–Trinajstić information content (AvgIpc) is 2.09. The van der Waals surface area contributed by atoms with Crippen LogP contribution in [0.2, 0.25) is 0 Å². The molecule has 0 saturated carbocycles. The average molecular weight is 266 g/mol. The van der Waals surface area contributed by atoms with Crippen molar-refractivity contribution in [2.45, 2.75) is 33.3 Å². The molecule has 0 radical (unpaired) electrons. The predicted molar refractivity (Wildman–Crippen MR) is 61.7 cm³/mol. The summed E-state index contributed by atoms with van der Waals surface area (Å²) in [6.07, 6.45) is 0. The SMILES string of the molecule is CC(CBr)CNC(=O)COC(C)(C)C. The Balaban J connectivity index is 3.57. The second kappa shape index (κ2) is 6.40. The van der Waals surface area contributed by atoms with E-state index < -0.39 is 0 Å². The quantitative estimate of drug-likeness (QED) is 0.772. The van der Waals surface area contributed by atoms with E-state index >= 15 is 0 Å². The van der Waals surface area contributed by atoms with Crippen LogP contribution in [-0.4, -0.2) is 30.0 Å². The number of amides is 1. The summed E-state index contributed by atoms with van der Waals surface area (Å²) in [4.78, 5) is 11.3. The topological polar surface area (TPSA) is 38.3 Å². The molecular weight excluding hydrogens is 246 g/mol. The van der Waals surface area contributed by atoms with Gasteiger partial charge in [0.1, 0.15) is 6.61 Å². The summed E-state index contributed by atoms with van der Waals surface area (Å²) in [7, 11) is 0. The van der Waals surface area contributed by atoms with Gasteiger partial charge in [-0.3, -0.25) is 4.79 Å². The van der Waals surface area contributed by atoms with E-state index in [-0.39, 0.29) is 18.1 Å². The first-order chi connectivity index (χ1) is 6.35. The molecular formula is C10H20BrNO2. The van der Waals surface area contributed by atoms with Gasteiger partial charge in [-0.1, -0.05) is 22.9 Å². The molecule has 1 N–H and O–H groups in total. The van der Waals surface area contributed by atoms with E-state index in [1.165, 1.54) is 0 Å². The number of carbonyl (C=O) groups is 1. The summed E-state index contributed by atoms with van der Waals surface area (Å²) in [6.45, 7) is 8.69. The first-order valence-corrected chi connectivity index (χ1v) is 5.94. The van der Waals surface area contributed by atoms with E-state index in [1.807, 2.05) is 20.8 Å². The first-order valence-electron chi connectivity index (χ1n) is 4.82. The fourth-order valence-corrected chi connectivity index (χ4v) is 0.905. The van der Waals surface area contributed by atoms with E-state index in [1.54, 1.807) is 0 Å². The molecule has 0 heterocycles. The molecule has 0 aromatic rings. The summed E-state index contributed by atoms with van der Waals surface area (Å²) in [5.74, 6) is 0.404. The van der Waals surface area contributed by atoms with Gasteiger partial charge in [0.25, 0.3) is 0 Å². The van der Waals surface area contributed by atoms with E-state index in [0.717, 1.165) is 5.33 Å². The van der Waals surface area contributed by atoms with Gasteiger partial charge in [-0.15, -0.1) is 0 Å². The zero-order valence-electron chi connectivity index (χ0n) is 9.39. The fraction of sp³-hybridized carbons (Fsp3) is 0.900. The molecule has 0 fully saturated rings. The molecule has 0 spiro atoms. The Labute approximate surface area is 94.7 Å². The standard InChI is InChI=1S/C10H20BrNO2/c1-8(5-11)6-12-9(13)7-14-10(2,3)4/h8H,5-7H2,1-4H3,(H,12,13). The maximum atomic E-state index is 11.3. The number of hydrogen-bond donors (Lipinski definition) is 1. The molecule has 0 aliphatic heterocycles. The largest absolute Gasteiger partial charge is 0.366 e. The lowest BCUT2D eigenvalue weighted by Crippen LogP contribution is -2.34. The number of hydrogen-bond acceptors (Lipinski definition) is 2. The molecule has 0 rings (SSSR count). The zero-order valence-corrected chi connectivity index (χ0v) is 11.0. The maximum absolute atomic E-state index is 11.3. The highest BCUT2D eigenvalue weighted by Gasteiger charge is 2.12. The van der Waals surface area contributed by atoms with E-state index in [4.69, 9.17) is 4.74 Å². The lowest BCUT2D eigenvalue weighted by Gasteiger charge is -2.19. The number of ether oxygens (including phenoxy) is 1. The summed E-state index contributed by atoms with van der Waals surface area (Å²) < 4.78 is 5.33. The number of rotatable bonds is 5. The molecule has 1 unspecified atom stereocenters. The summed E-state index contributed by atoms with van der Waals surface area (Å²) in [5.41, 5.74) is -0.252.